The highest BCUT2D eigenvalue weighted by Gasteiger charge is 2.50. The average Bonchev–Trinajstić information content (AvgIpc) is 3.37. The fraction of sp³-hybridized carbons (Fsp3) is 0.786. The maximum atomic E-state index is 12.5. The Morgan fingerprint density at radius 1 is 1.24 bits per heavy atom. The van der Waals surface area contributed by atoms with Gasteiger partial charge in [-0.25, -0.2) is 8.78 Å². The van der Waals surface area contributed by atoms with Gasteiger partial charge in [0.15, 0.2) is 0 Å². The quantitative estimate of drug-likeness (QED) is 0.532. The highest BCUT2D eigenvalue weighted by molar-refractivity contribution is 5.38. The molecule has 4 fully saturated rings. The van der Waals surface area contributed by atoms with E-state index in [2.05, 4.69) is 37.5 Å². The van der Waals surface area contributed by atoms with Crippen LogP contribution in [-0.2, 0) is 4.74 Å². The van der Waals surface area contributed by atoms with Crippen LogP contribution in [0.25, 0.3) is 0 Å². The Morgan fingerprint density at radius 2 is 2.03 bits per heavy atom. The van der Waals surface area contributed by atoms with Gasteiger partial charge in [0, 0.05) is 26.1 Å². The number of halogens is 2. The molecule has 4 aliphatic rings. The Balaban J connectivity index is 1.39. The number of fused-ring (bicyclic) bond motifs is 1. The van der Waals surface area contributed by atoms with Gasteiger partial charge < -0.3 is 19.8 Å². The summed E-state index contributed by atoms with van der Waals surface area (Å²) in [5.41, 5.74) is 3.53. The smallest absolute Gasteiger partial charge is 0.261 e. The second kappa shape index (κ2) is 10.9. The fourth-order valence-corrected chi connectivity index (χ4v) is 7.52. The molecule has 7 atom stereocenters. The Hall–Kier alpha value is -1.08. The molecule has 192 valence electrons. The first-order valence-electron chi connectivity index (χ1n) is 13.2. The number of likely N-dealkylation sites (tertiary alicyclic amines) is 1. The van der Waals surface area contributed by atoms with Gasteiger partial charge in [0.2, 0.25) is 0 Å². The third-order valence-electron chi connectivity index (χ3n) is 9.22. The van der Waals surface area contributed by atoms with E-state index >= 15 is 0 Å². The third-order valence-corrected chi connectivity index (χ3v) is 9.22. The van der Waals surface area contributed by atoms with Crippen LogP contribution >= 0.6 is 0 Å². The van der Waals surface area contributed by atoms with E-state index in [4.69, 9.17) is 4.74 Å². The van der Waals surface area contributed by atoms with Crippen LogP contribution in [0.15, 0.2) is 35.5 Å². The molecule has 3 saturated carbocycles. The van der Waals surface area contributed by atoms with E-state index in [1.807, 2.05) is 0 Å². The SMILES string of the molecule is C=C1/C(=C\C=C2/CCC[C@]3(C)[C@@H]([C@H](C)CN4CC[C@H](OCC(F)F)C4)CC[C@@H]23)CC(O)CC1O. The molecule has 1 saturated heterocycles. The summed E-state index contributed by atoms with van der Waals surface area (Å²) in [7, 11) is 0. The highest BCUT2D eigenvalue weighted by atomic mass is 19.3. The summed E-state index contributed by atoms with van der Waals surface area (Å²) in [5, 5.41) is 20.2. The Morgan fingerprint density at radius 3 is 2.79 bits per heavy atom. The maximum Gasteiger partial charge on any atom is 0.261 e. The van der Waals surface area contributed by atoms with Crippen molar-refractivity contribution in [1.29, 1.82) is 0 Å². The van der Waals surface area contributed by atoms with E-state index in [1.165, 1.54) is 31.3 Å². The summed E-state index contributed by atoms with van der Waals surface area (Å²) < 4.78 is 30.3. The normalized spacial score (nSPS) is 40.4. The molecule has 1 heterocycles. The summed E-state index contributed by atoms with van der Waals surface area (Å²) in [4.78, 5) is 2.41. The first-order valence-corrected chi connectivity index (χ1v) is 13.2. The van der Waals surface area contributed by atoms with Crippen LogP contribution in [0.1, 0.15) is 65.2 Å². The lowest BCUT2D eigenvalue weighted by molar-refractivity contribution is -0.0207. The maximum absolute atomic E-state index is 12.5. The molecule has 3 aliphatic carbocycles. The van der Waals surface area contributed by atoms with Crippen LogP contribution in [0.2, 0.25) is 0 Å². The Bertz CT molecular complexity index is 797. The van der Waals surface area contributed by atoms with Crippen molar-refractivity contribution < 1.29 is 23.7 Å². The van der Waals surface area contributed by atoms with E-state index in [1.54, 1.807) is 0 Å². The van der Waals surface area contributed by atoms with Gasteiger partial charge in [-0.05, 0) is 79.3 Å². The molecule has 0 spiro atoms. The monoisotopic (exact) mass is 479 g/mol. The zero-order valence-electron chi connectivity index (χ0n) is 20.9. The second-order valence-corrected chi connectivity index (χ2v) is 11.5. The Kier molecular flexibility index (Phi) is 8.33. The van der Waals surface area contributed by atoms with E-state index in [9.17, 15) is 19.0 Å². The van der Waals surface area contributed by atoms with Crippen molar-refractivity contribution >= 4 is 0 Å². The van der Waals surface area contributed by atoms with Gasteiger partial charge >= 0.3 is 0 Å². The second-order valence-electron chi connectivity index (χ2n) is 11.5. The lowest BCUT2D eigenvalue weighted by Gasteiger charge is -2.45. The van der Waals surface area contributed by atoms with Gasteiger partial charge in [0.1, 0.15) is 6.61 Å². The number of rotatable bonds is 7. The summed E-state index contributed by atoms with van der Waals surface area (Å²) >= 11 is 0. The van der Waals surface area contributed by atoms with Gasteiger partial charge in [-0.1, -0.05) is 38.2 Å². The zero-order chi connectivity index (χ0) is 24.5. The first kappa shape index (κ1) is 26.0. The number of aliphatic hydroxyl groups is 2. The van der Waals surface area contributed by atoms with E-state index in [0.29, 0.717) is 30.6 Å². The van der Waals surface area contributed by atoms with Crippen LogP contribution < -0.4 is 0 Å². The molecule has 1 aliphatic heterocycles. The predicted octanol–water partition coefficient (Wildman–Crippen LogP) is 5.12. The third kappa shape index (κ3) is 5.66. The molecule has 0 aromatic heterocycles. The zero-order valence-corrected chi connectivity index (χ0v) is 20.9. The van der Waals surface area contributed by atoms with Crippen LogP contribution in [0.5, 0.6) is 0 Å². The van der Waals surface area contributed by atoms with Crippen molar-refractivity contribution in [2.45, 2.75) is 90.0 Å². The van der Waals surface area contributed by atoms with Crippen molar-refractivity contribution in [3.63, 3.8) is 0 Å². The molecule has 34 heavy (non-hydrogen) atoms. The molecule has 4 nitrogen and oxygen atoms in total. The standard InChI is InChI=1S/C28H43F2NO3/c1-18(15-31-12-10-23(16-31)34-17-27(29)30)24-8-9-25-20(5-4-11-28(24,25)3)6-7-21-13-22(32)14-26(33)19(21)2/h6-7,18,22-27,32-33H,2,4-5,8-17H2,1,3H3/b20-6+,21-7-/t18-,22?,23+,24-,25+,26?,28-/m1/s1. The topological polar surface area (TPSA) is 52.9 Å². The number of nitrogens with zero attached hydrogens (tertiary/aromatic N) is 1. The predicted molar refractivity (Wildman–Crippen MR) is 131 cm³/mol. The van der Waals surface area contributed by atoms with Crippen molar-refractivity contribution in [2.75, 3.05) is 26.2 Å². The van der Waals surface area contributed by atoms with Gasteiger partial charge in [-0.15, -0.1) is 0 Å². The number of hydrogen-bond acceptors (Lipinski definition) is 4. The van der Waals surface area contributed by atoms with Crippen molar-refractivity contribution in [3.05, 3.63) is 35.5 Å². The van der Waals surface area contributed by atoms with Gasteiger partial charge in [-0.3, -0.25) is 0 Å². The number of ether oxygens (including phenoxy) is 1. The lowest BCUT2D eigenvalue weighted by Crippen LogP contribution is -2.39. The molecule has 0 bridgehead atoms. The minimum Gasteiger partial charge on any atom is -0.393 e. The fourth-order valence-electron chi connectivity index (χ4n) is 7.52. The molecule has 6 heteroatoms. The highest BCUT2D eigenvalue weighted by Crippen LogP contribution is 2.59. The summed E-state index contributed by atoms with van der Waals surface area (Å²) in [6.45, 7) is 11.2. The summed E-state index contributed by atoms with van der Waals surface area (Å²) in [6, 6.07) is 0. The molecular formula is C28H43F2NO3. The van der Waals surface area contributed by atoms with Gasteiger partial charge in [0.25, 0.3) is 6.43 Å². The number of hydrogen-bond donors (Lipinski definition) is 2. The van der Waals surface area contributed by atoms with Crippen molar-refractivity contribution in [3.8, 4) is 0 Å². The lowest BCUT2D eigenvalue weighted by atomic mass is 9.61. The van der Waals surface area contributed by atoms with E-state index in [0.717, 1.165) is 43.6 Å². The van der Waals surface area contributed by atoms with Gasteiger partial charge in [-0.2, -0.15) is 0 Å². The van der Waals surface area contributed by atoms with Crippen LogP contribution in [0.3, 0.4) is 0 Å². The van der Waals surface area contributed by atoms with Crippen LogP contribution in [0, 0.1) is 23.2 Å². The molecule has 0 aromatic carbocycles. The van der Waals surface area contributed by atoms with Crippen molar-refractivity contribution in [1.82, 2.24) is 4.90 Å². The number of allylic oxidation sites excluding steroid dienone is 3. The molecule has 0 amide bonds. The largest absolute Gasteiger partial charge is 0.393 e. The van der Waals surface area contributed by atoms with Crippen LogP contribution in [-0.4, -0.2) is 66.1 Å². The first-order chi connectivity index (χ1) is 16.2. The van der Waals surface area contributed by atoms with Crippen molar-refractivity contribution in [2.24, 2.45) is 23.2 Å². The summed E-state index contributed by atoms with van der Waals surface area (Å²) in [6.07, 6.45) is 8.61. The number of aliphatic hydroxyl groups excluding tert-OH is 2. The molecular weight excluding hydrogens is 436 g/mol. The molecule has 4 rings (SSSR count). The Labute approximate surface area is 203 Å². The van der Waals surface area contributed by atoms with E-state index in [-0.39, 0.29) is 11.5 Å². The molecule has 2 N–H and O–H groups in total. The molecule has 0 aromatic rings. The number of alkyl halides is 2. The molecule has 0 radical (unpaired) electrons. The minimum atomic E-state index is -2.39. The van der Waals surface area contributed by atoms with E-state index < -0.39 is 25.2 Å². The van der Waals surface area contributed by atoms with Crippen LogP contribution in [0.4, 0.5) is 8.78 Å². The molecule has 2 unspecified atom stereocenters. The van der Waals surface area contributed by atoms with Gasteiger partial charge in [0.05, 0.1) is 18.3 Å². The summed E-state index contributed by atoms with van der Waals surface area (Å²) in [5.74, 6) is 1.80. The average molecular weight is 480 g/mol. The minimum absolute atomic E-state index is 0.0584.